The highest BCUT2D eigenvalue weighted by Gasteiger charge is 2.02. The number of imidazole rings is 1. The Labute approximate surface area is 155 Å². The second-order valence-electron chi connectivity index (χ2n) is 4.49. The van der Waals surface area contributed by atoms with Crippen LogP contribution >= 0.6 is 31.9 Å². The average molecular weight is 448 g/mol. The number of benzene rings is 2. The van der Waals surface area contributed by atoms with Crippen molar-refractivity contribution in [1.82, 2.24) is 9.55 Å². The Balaban J connectivity index is 0.000000185. The van der Waals surface area contributed by atoms with Gasteiger partial charge in [-0.3, -0.25) is 0 Å². The van der Waals surface area contributed by atoms with Crippen molar-refractivity contribution in [2.75, 3.05) is 0 Å². The van der Waals surface area contributed by atoms with Gasteiger partial charge in [-0.1, -0.05) is 0 Å². The minimum absolute atomic E-state index is 0.326. The minimum atomic E-state index is -0.348. The fraction of sp³-hybridized carbons (Fsp3) is 0. The summed E-state index contributed by atoms with van der Waals surface area (Å²) in [6, 6.07) is 13.6. The van der Waals surface area contributed by atoms with Crippen molar-refractivity contribution in [1.29, 1.82) is 10.5 Å². The van der Waals surface area contributed by atoms with Gasteiger partial charge in [0.2, 0.25) is 0 Å². The summed E-state index contributed by atoms with van der Waals surface area (Å²) in [4.78, 5) is 3.96. The lowest BCUT2D eigenvalue weighted by atomic mass is 10.2. The van der Waals surface area contributed by atoms with Crippen LogP contribution < -0.4 is 0 Å². The van der Waals surface area contributed by atoms with E-state index < -0.39 is 0 Å². The maximum atomic E-state index is 12.5. The van der Waals surface area contributed by atoms with Crippen LogP contribution in [0, 0.1) is 28.5 Å². The van der Waals surface area contributed by atoms with E-state index in [0.717, 1.165) is 10.2 Å². The molecule has 0 spiro atoms. The van der Waals surface area contributed by atoms with E-state index in [2.05, 4.69) is 42.9 Å². The molecule has 7 heteroatoms. The number of hydrogen-bond donors (Lipinski definition) is 0. The van der Waals surface area contributed by atoms with Gasteiger partial charge in [-0.2, -0.15) is 10.5 Å². The van der Waals surface area contributed by atoms with Gasteiger partial charge >= 0.3 is 0 Å². The van der Waals surface area contributed by atoms with Crippen LogP contribution in [0.5, 0.6) is 0 Å². The molecule has 0 unspecified atom stereocenters. The van der Waals surface area contributed by atoms with Crippen molar-refractivity contribution in [2.24, 2.45) is 0 Å². The molecule has 0 aliphatic rings. The second-order valence-corrected chi connectivity index (χ2v) is 6.20. The van der Waals surface area contributed by atoms with Crippen molar-refractivity contribution in [2.45, 2.75) is 0 Å². The zero-order chi connectivity index (χ0) is 17.5. The highest BCUT2D eigenvalue weighted by molar-refractivity contribution is 9.10. The van der Waals surface area contributed by atoms with Crippen LogP contribution in [0.3, 0.4) is 0 Å². The predicted octanol–water partition coefficient (Wildman–Crippen LogP) is 4.97. The van der Waals surface area contributed by atoms with E-state index in [1.165, 1.54) is 18.2 Å². The summed E-state index contributed by atoms with van der Waals surface area (Å²) < 4.78 is 15.6. The van der Waals surface area contributed by atoms with E-state index in [9.17, 15) is 4.39 Å². The lowest BCUT2D eigenvalue weighted by molar-refractivity contribution is 0.621. The average Bonchev–Trinajstić information content (AvgIpc) is 3.12. The smallest absolute Gasteiger partial charge is 0.137 e. The molecule has 4 nitrogen and oxygen atoms in total. The molecular formula is C17H9Br2FN4. The molecule has 0 radical (unpaired) electrons. The summed E-state index contributed by atoms with van der Waals surface area (Å²) >= 11 is 6.37. The summed E-state index contributed by atoms with van der Waals surface area (Å²) in [6.07, 6.45) is 5.28. The SMILES string of the molecule is N#Cc1ccc(-n2ccnc2)c(Br)c1.N#Cc1ccc(F)c(Br)c1. The highest BCUT2D eigenvalue weighted by Crippen LogP contribution is 2.21. The van der Waals surface area contributed by atoms with E-state index in [1.54, 1.807) is 24.7 Å². The maximum absolute atomic E-state index is 12.5. The van der Waals surface area contributed by atoms with Crippen LogP contribution in [0.25, 0.3) is 5.69 Å². The minimum Gasteiger partial charge on any atom is -0.305 e. The first-order valence-corrected chi connectivity index (χ1v) is 8.17. The number of hydrogen-bond acceptors (Lipinski definition) is 3. The first-order valence-electron chi connectivity index (χ1n) is 6.58. The maximum Gasteiger partial charge on any atom is 0.137 e. The normalized spacial score (nSPS) is 9.38. The number of rotatable bonds is 1. The van der Waals surface area contributed by atoms with Gasteiger partial charge in [-0.15, -0.1) is 0 Å². The van der Waals surface area contributed by atoms with E-state index in [0.29, 0.717) is 15.6 Å². The van der Waals surface area contributed by atoms with Crippen LogP contribution in [0.15, 0.2) is 64.1 Å². The molecule has 0 aliphatic heterocycles. The van der Waals surface area contributed by atoms with E-state index in [1.807, 2.05) is 22.9 Å². The summed E-state index contributed by atoms with van der Waals surface area (Å²) in [5, 5.41) is 17.1. The monoisotopic (exact) mass is 446 g/mol. The molecular weight excluding hydrogens is 439 g/mol. The lowest BCUT2D eigenvalue weighted by Crippen LogP contribution is -1.91. The quantitative estimate of drug-likeness (QED) is 0.529. The van der Waals surface area contributed by atoms with Crippen LogP contribution in [0.4, 0.5) is 4.39 Å². The molecule has 3 rings (SSSR count). The summed E-state index contributed by atoms with van der Waals surface area (Å²) in [7, 11) is 0. The van der Waals surface area contributed by atoms with Crippen molar-refractivity contribution in [3.05, 3.63) is 81.0 Å². The lowest BCUT2D eigenvalue weighted by Gasteiger charge is -2.04. The van der Waals surface area contributed by atoms with E-state index >= 15 is 0 Å². The highest BCUT2D eigenvalue weighted by atomic mass is 79.9. The van der Waals surface area contributed by atoms with Gasteiger partial charge in [0.05, 0.1) is 39.8 Å². The Morgan fingerprint density at radius 3 is 2.08 bits per heavy atom. The fourth-order valence-electron chi connectivity index (χ4n) is 1.75. The number of nitriles is 2. The molecule has 0 bridgehead atoms. The zero-order valence-corrected chi connectivity index (χ0v) is 15.3. The largest absolute Gasteiger partial charge is 0.305 e. The van der Waals surface area contributed by atoms with Gasteiger partial charge in [0.25, 0.3) is 0 Å². The van der Waals surface area contributed by atoms with Crippen LogP contribution in [0.1, 0.15) is 11.1 Å². The van der Waals surface area contributed by atoms with E-state index in [4.69, 9.17) is 10.5 Å². The van der Waals surface area contributed by atoms with Gasteiger partial charge in [0.1, 0.15) is 5.82 Å². The summed E-state index contributed by atoms with van der Waals surface area (Å²) in [5.74, 6) is -0.348. The molecule has 3 aromatic rings. The van der Waals surface area contributed by atoms with Crippen molar-refractivity contribution < 1.29 is 4.39 Å². The molecule has 24 heavy (non-hydrogen) atoms. The molecule has 0 saturated carbocycles. The number of nitrogens with zero attached hydrogens (tertiary/aromatic N) is 4. The Hall–Kier alpha value is -2.48. The second kappa shape index (κ2) is 8.39. The summed E-state index contributed by atoms with van der Waals surface area (Å²) in [5.41, 5.74) is 2.07. The third-order valence-electron chi connectivity index (χ3n) is 2.91. The molecule has 0 fully saturated rings. The molecule has 0 atom stereocenters. The molecule has 0 amide bonds. The van der Waals surface area contributed by atoms with Gasteiger partial charge in [-0.25, -0.2) is 9.37 Å². The standard InChI is InChI=1S/C10H6BrN3.C7H3BrFN/c11-9-5-8(6-12)1-2-10(9)14-4-3-13-7-14;8-6-3-5(4-10)1-2-7(6)9/h1-5,7H;1-3H. The molecule has 1 heterocycles. The third kappa shape index (κ3) is 4.51. The predicted molar refractivity (Wildman–Crippen MR) is 94.8 cm³/mol. The molecule has 2 aromatic carbocycles. The van der Waals surface area contributed by atoms with Gasteiger partial charge in [0, 0.05) is 16.9 Å². The Bertz CT molecular complexity index is 925. The van der Waals surface area contributed by atoms with Gasteiger partial charge < -0.3 is 4.57 Å². The van der Waals surface area contributed by atoms with Crippen LogP contribution in [-0.2, 0) is 0 Å². The van der Waals surface area contributed by atoms with Crippen LogP contribution in [-0.4, -0.2) is 9.55 Å². The van der Waals surface area contributed by atoms with Crippen molar-refractivity contribution in [3.8, 4) is 17.8 Å². The Morgan fingerprint density at radius 1 is 0.958 bits per heavy atom. The number of halogens is 3. The molecule has 118 valence electrons. The van der Waals surface area contributed by atoms with E-state index in [-0.39, 0.29) is 5.82 Å². The van der Waals surface area contributed by atoms with Crippen molar-refractivity contribution >= 4 is 31.9 Å². The van der Waals surface area contributed by atoms with Crippen molar-refractivity contribution in [3.63, 3.8) is 0 Å². The van der Waals surface area contributed by atoms with Gasteiger partial charge in [-0.05, 0) is 68.3 Å². The fourth-order valence-corrected chi connectivity index (χ4v) is 2.72. The molecule has 0 aliphatic carbocycles. The third-order valence-corrected chi connectivity index (χ3v) is 4.15. The topological polar surface area (TPSA) is 65.4 Å². The summed E-state index contributed by atoms with van der Waals surface area (Å²) in [6.45, 7) is 0. The first kappa shape index (κ1) is 17.9. The Kier molecular flexibility index (Phi) is 6.25. The number of aromatic nitrogens is 2. The van der Waals surface area contributed by atoms with Crippen LogP contribution in [0.2, 0.25) is 0 Å². The van der Waals surface area contributed by atoms with Gasteiger partial charge in [0.15, 0.2) is 0 Å². The molecule has 1 aromatic heterocycles. The zero-order valence-electron chi connectivity index (χ0n) is 12.1. The molecule has 0 N–H and O–H groups in total. The first-order chi connectivity index (χ1) is 11.5. The Morgan fingerprint density at radius 2 is 1.58 bits per heavy atom. The molecule has 0 saturated heterocycles.